The minimum atomic E-state index is -1.83. The summed E-state index contributed by atoms with van der Waals surface area (Å²) in [5.41, 5.74) is 6.22. The van der Waals surface area contributed by atoms with Gasteiger partial charge in [-0.25, -0.2) is 5.43 Å². The quantitative estimate of drug-likeness (QED) is 0.496. The van der Waals surface area contributed by atoms with E-state index in [0.717, 1.165) is 18.4 Å². The van der Waals surface area contributed by atoms with Gasteiger partial charge in [-0.15, -0.1) is 0 Å². The van der Waals surface area contributed by atoms with E-state index in [1.807, 2.05) is 19.1 Å². The molecule has 0 saturated heterocycles. The van der Waals surface area contributed by atoms with Crippen LogP contribution in [0.25, 0.3) is 0 Å². The first-order chi connectivity index (χ1) is 14.6. The number of aryl methyl sites for hydroxylation is 2. The van der Waals surface area contributed by atoms with Crippen molar-refractivity contribution < 1.29 is 9.90 Å². The van der Waals surface area contributed by atoms with Crippen molar-refractivity contribution in [3.63, 3.8) is 0 Å². The van der Waals surface area contributed by atoms with Crippen LogP contribution in [0.3, 0.4) is 0 Å². The van der Waals surface area contributed by atoms with E-state index in [-0.39, 0.29) is 0 Å². The minimum Gasteiger partial charge on any atom is -0.372 e. The number of amides is 1. The van der Waals surface area contributed by atoms with E-state index in [1.54, 1.807) is 48.5 Å². The number of nitrogens with zero attached hydrogens (tertiary/aromatic N) is 1. The molecule has 30 heavy (non-hydrogen) atoms. The van der Waals surface area contributed by atoms with Gasteiger partial charge in [0.1, 0.15) is 0 Å². The molecule has 0 saturated carbocycles. The van der Waals surface area contributed by atoms with Gasteiger partial charge in [0.2, 0.25) is 0 Å². The summed E-state index contributed by atoms with van der Waals surface area (Å²) in [6.07, 6.45) is 4.67. The third-order valence-corrected chi connectivity index (χ3v) is 5.80. The zero-order valence-corrected chi connectivity index (χ0v) is 17.1. The summed E-state index contributed by atoms with van der Waals surface area (Å²) >= 11 is 0. The summed E-state index contributed by atoms with van der Waals surface area (Å²) in [6, 6.07) is 24.3. The van der Waals surface area contributed by atoms with Crippen LogP contribution in [0.1, 0.15) is 47.6 Å². The average Bonchev–Trinajstić information content (AvgIpc) is 2.82. The third-order valence-electron chi connectivity index (χ3n) is 5.80. The first-order valence-corrected chi connectivity index (χ1v) is 10.4. The molecule has 0 radical (unpaired) electrons. The Bertz CT molecular complexity index is 1020. The number of rotatable bonds is 5. The Morgan fingerprint density at radius 2 is 1.43 bits per heavy atom. The number of fused-ring (bicyclic) bond motifs is 1. The molecule has 0 unspecified atom stereocenters. The van der Waals surface area contributed by atoms with Gasteiger partial charge in [-0.1, -0.05) is 72.8 Å². The Hall–Kier alpha value is -3.24. The van der Waals surface area contributed by atoms with Gasteiger partial charge in [0.25, 0.3) is 5.91 Å². The number of hydrazone groups is 1. The predicted octanol–water partition coefficient (Wildman–Crippen LogP) is 4.34. The van der Waals surface area contributed by atoms with Gasteiger partial charge in [0, 0.05) is 0 Å². The molecule has 0 atom stereocenters. The molecule has 0 heterocycles. The molecule has 0 fully saturated rings. The highest BCUT2D eigenvalue weighted by atomic mass is 16.3. The number of aliphatic hydroxyl groups is 1. The van der Waals surface area contributed by atoms with E-state index >= 15 is 0 Å². The molecule has 4 nitrogen and oxygen atoms in total. The molecule has 0 aromatic heterocycles. The highest BCUT2D eigenvalue weighted by Gasteiger charge is 2.39. The number of hydrogen-bond donors (Lipinski definition) is 2. The molecule has 0 bridgehead atoms. The maximum atomic E-state index is 13.2. The van der Waals surface area contributed by atoms with E-state index in [9.17, 15) is 9.90 Å². The van der Waals surface area contributed by atoms with Crippen LogP contribution in [0.5, 0.6) is 0 Å². The first kappa shape index (κ1) is 20.0. The molecular formula is C26H26N2O2. The maximum absolute atomic E-state index is 13.2. The summed E-state index contributed by atoms with van der Waals surface area (Å²) in [5, 5.41) is 15.8. The lowest BCUT2D eigenvalue weighted by atomic mass is 9.85. The fourth-order valence-electron chi connectivity index (χ4n) is 4.03. The van der Waals surface area contributed by atoms with E-state index < -0.39 is 11.5 Å². The Labute approximate surface area is 177 Å². The molecular weight excluding hydrogens is 372 g/mol. The lowest BCUT2D eigenvalue weighted by Gasteiger charge is -2.27. The second-order valence-corrected chi connectivity index (χ2v) is 7.77. The van der Waals surface area contributed by atoms with Crippen molar-refractivity contribution in [1.29, 1.82) is 0 Å². The molecule has 152 valence electrons. The fraction of sp³-hybridized carbons (Fsp3) is 0.231. The third kappa shape index (κ3) is 3.91. The van der Waals surface area contributed by atoms with Gasteiger partial charge in [-0.2, -0.15) is 5.10 Å². The topological polar surface area (TPSA) is 61.7 Å². The molecule has 0 spiro atoms. The summed E-state index contributed by atoms with van der Waals surface area (Å²) in [7, 11) is 0. The van der Waals surface area contributed by atoms with Crippen molar-refractivity contribution in [2.45, 2.75) is 38.2 Å². The number of carbonyl (C=O) groups is 1. The number of benzene rings is 3. The van der Waals surface area contributed by atoms with Crippen molar-refractivity contribution in [1.82, 2.24) is 5.43 Å². The van der Waals surface area contributed by atoms with Crippen LogP contribution < -0.4 is 5.43 Å². The van der Waals surface area contributed by atoms with Crippen LogP contribution in [0.4, 0.5) is 0 Å². The van der Waals surface area contributed by atoms with Crippen LogP contribution in [0, 0.1) is 0 Å². The van der Waals surface area contributed by atoms with E-state index in [2.05, 4.69) is 28.7 Å². The van der Waals surface area contributed by atoms with Gasteiger partial charge in [-0.3, -0.25) is 4.79 Å². The van der Waals surface area contributed by atoms with Crippen LogP contribution in [0.15, 0.2) is 84.0 Å². The predicted molar refractivity (Wildman–Crippen MR) is 119 cm³/mol. The summed E-state index contributed by atoms with van der Waals surface area (Å²) in [5.74, 6) is -0.586. The number of nitrogens with one attached hydrogen (secondary N) is 1. The molecule has 4 rings (SSSR count). The standard InChI is InChI=1S/C26H26N2O2/c1-19(21-17-16-20-10-8-9-11-22(20)18-21)27-28-25(29)26(30,23-12-4-2-5-13-23)24-14-6-3-7-15-24/h2-7,12-18,30H,8-11H2,1H3,(H,28,29). The lowest BCUT2D eigenvalue weighted by Crippen LogP contribution is -2.43. The molecule has 1 aliphatic rings. The van der Waals surface area contributed by atoms with Crippen LogP contribution in [-0.2, 0) is 23.2 Å². The van der Waals surface area contributed by atoms with Gasteiger partial charge < -0.3 is 5.11 Å². The van der Waals surface area contributed by atoms with Gasteiger partial charge >= 0.3 is 0 Å². The first-order valence-electron chi connectivity index (χ1n) is 10.4. The Morgan fingerprint density at radius 3 is 2.03 bits per heavy atom. The molecule has 1 aliphatic carbocycles. The van der Waals surface area contributed by atoms with E-state index in [0.29, 0.717) is 16.8 Å². The van der Waals surface area contributed by atoms with E-state index in [4.69, 9.17) is 0 Å². The molecule has 1 amide bonds. The van der Waals surface area contributed by atoms with Gasteiger partial charge in [0.15, 0.2) is 5.60 Å². The Morgan fingerprint density at radius 1 is 0.867 bits per heavy atom. The van der Waals surface area contributed by atoms with Crippen LogP contribution in [-0.4, -0.2) is 16.7 Å². The zero-order valence-electron chi connectivity index (χ0n) is 17.1. The molecule has 3 aromatic rings. The molecule has 0 aliphatic heterocycles. The fourth-order valence-corrected chi connectivity index (χ4v) is 4.03. The van der Waals surface area contributed by atoms with E-state index in [1.165, 1.54) is 24.0 Å². The smallest absolute Gasteiger partial charge is 0.281 e. The summed E-state index contributed by atoms with van der Waals surface area (Å²) in [4.78, 5) is 13.2. The highest BCUT2D eigenvalue weighted by Crippen LogP contribution is 2.30. The Balaban J connectivity index is 1.62. The van der Waals surface area contributed by atoms with Crippen LogP contribution in [0.2, 0.25) is 0 Å². The van der Waals surface area contributed by atoms with Crippen molar-refractivity contribution >= 4 is 11.6 Å². The second-order valence-electron chi connectivity index (χ2n) is 7.77. The number of carbonyl (C=O) groups excluding carboxylic acids is 1. The molecule has 3 aromatic carbocycles. The monoisotopic (exact) mass is 398 g/mol. The lowest BCUT2D eigenvalue weighted by molar-refractivity contribution is -0.136. The maximum Gasteiger partial charge on any atom is 0.281 e. The SMILES string of the molecule is CC(=NNC(=O)C(O)(c1ccccc1)c1ccccc1)c1ccc2c(c1)CCCC2. The van der Waals surface area contributed by atoms with Gasteiger partial charge in [-0.05, 0) is 66.5 Å². The molecule has 2 N–H and O–H groups in total. The van der Waals surface area contributed by atoms with Crippen molar-refractivity contribution in [2.24, 2.45) is 5.10 Å². The van der Waals surface area contributed by atoms with Crippen molar-refractivity contribution in [3.05, 3.63) is 107 Å². The zero-order chi connectivity index (χ0) is 21.0. The Kier molecular flexibility index (Phi) is 5.77. The highest BCUT2D eigenvalue weighted by molar-refractivity contribution is 6.00. The van der Waals surface area contributed by atoms with Gasteiger partial charge in [0.05, 0.1) is 5.71 Å². The van der Waals surface area contributed by atoms with Crippen molar-refractivity contribution in [3.8, 4) is 0 Å². The minimum absolute atomic E-state index is 0.496. The molecule has 4 heteroatoms. The summed E-state index contributed by atoms with van der Waals surface area (Å²) in [6.45, 7) is 1.87. The largest absolute Gasteiger partial charge is 0.372 e. The number of hydrogen-bond acceptors (Lipinski definition) is 3. The average molecular weight is 399 g/mol. The normalized spacial score (nSPS) is 14.1. The van der Waals surface area contributed by atoms with Crippen LogP contribution >= 0.6 is 0 Å². The second kappa shape index (κ2) is 8.64. The van der Waals surface area contributed by atoms with Crippen molar-refractivity contribution in [2.75, 3.05) is 0 Å². The summed E-state index contributed by atoms with van der Waals surface area (Å²) < 4.78 is 0.